The fourth-order valence-corrected chi connectivity index (χ4v) is 4.51. The average Bonchev–Trinajstić information content (AvgIpc) is 3.24. The molecule has 0 atom stereocenters. The first-order chi connectivity index (χ1) is 17.0. The van der Waals surface area contributed by atoms with Gasteiger partial charge in [-0.2, -0.15) is 0 Å². The molecule has 1 amide bonds. The molecule has 1 aromatic heterocycles. The number of allylic oxidation sites excluding steroid dienone is 1. The van der Waals surface area contributed by atoms with Crippen molar-refractivity contribution >= 4 is 29.1 Å². The zero-order chi connectivity index (χ0) is 24.8. The van der Waals surface area contributed by atoms with Gasteiger partial charge in [0.15, 0.2) is 11.7 Å². The van der Waals surface area contributed by atoms with Crippen molar-refractivity contribution in [1.82, 2.24) is 15.2 Å². The molecule has 2 aliphatic rings. The molecule has 0 radical (unpaired) electrons. The lowest BCUT2D eigenvalue weighted by Crippen LogP contribution is -2.43. The second-order valence-electron chi connectivity index (χ2n) is 8.68. The molecule has 8 nitrogen and oxygen atoms in total. The fourth-order valence-electron chi connectivity index (χ4n) is 4.51. The van der Waals surface area contributed by atoms with Gasteiger partial charge in [0.2, 0.25) is 5.91 Å². The number of likely N-dealkylation sites (tertiary alicyclic amines) is 1. The number of carbonyl (C=O) groups is 1. The molecular weight excluding hydrogens is 438 g/mol. The van der Waals surface area contributed by atoms with E-state index in [-0.39, 0.29) is 11.9 Å². The minimum Gasteiger partial charge on any atom is -0.383 e. The highest BCUT2D eigenvalue weighted by Gasteiger charge is 2.31. The van der Waals surface area contributed by atoms with Crippen molar-refractivity contribution in [2.45, 2.75) is 38.8 Å². The van der Waals surface area contributed by atoms with Crippen molar-refractivity contribution in [3.63, 3.8) is 0 Å². The number of benzene rings is 1. The monoisotopic (exact) mass is 471 g/mol. The third-order valence-electron chi connectivity index (χ3n) is 6.29. The van der Waals surface area contributed by atoms with Crippen LogP contribution in [0.15, 0.2) is 77.0 Å². The lowest BCUT2D eigenvalue weighted by molar-refractivity contribution is -0.117. The standard InChI is InChI=1S/C27H33N7O/c1-4-7-23-27(29-3)34(26(32-23)22-8-6-15-30-25(22)28)21-11-9-19(10-12-21)18-33-16-13-20(14-17-33)31-24(35)5-2/h5-12,15,20H,2,4,13-14,16-18H2,1,3H3,(H2,28,30)(H,31,35)/b23-7+,29-27?. The maximum Gasteiger partial charge on any atom is 0.243 e. The van der Waals surface area contributed by atoms with Crippen LogP contribution in [0, 0.1) is 0 Å². The van der Waals surface area contributed by atoms with E-state index >= 15 is 0 Å². The van der Waals surface area contributed by atoms with E-state index in [1.807, 2.05) is 17.0 Å². The average molecular weight is 472 g/mol. The number of nitrogens with two attached hydrogens (primary N) is 1. The van der Waals surface area contributed by atoms with Gasteiger partial charge in [-0.3, -0.25) is 19.6 Å². The molecule has 1 fully saturated rings. The molecule has 0 unspecified atom stereocenters. The van der Waals surface area contributed by atoms with Crippen LogP contribution in [0.2, 0.25) is 0 Å². The molecule has 4 rings (SSSR count). The number of hydrogen-bond acceptors (Lipinski definition) is 6. The van der Waals surface area contributed by atoms with Crippen LogP contribution in [0.3, 0.4) is 0 Å². The summed E-state index contributed by atoms with van der Waals surface area (Å²) < 4.78 is 0. The number of nitrogens with one attached hydrogen (secondary N) is 1. The lowest BCUT2D eigenvalue weighted by atomic mass is 10.0. The molecule has 2 aromatic rings. The van der Waals surface area contributed by atoms with Crippen molar-refractivity contribution in [2.75, 3.05) is 30.8 Å². The smallest absolute Gasteiger partial charge is 0.243 e. The molecule has 1 saturated heterocycles. The summed E-state index contributed by atoms with van der Waals surface area (Å²) in [6.45, 7) is 8.38. The van der Waals surface area contributed by atoms with Crippen molar-refractivity contribution in [1.29, 1.82) is 0 Å². The van der Waals surface area contributed by atoms with Gasteiger partial charge in [0.1, 0.15) is 11.5 Å². The molecule has 1 aromatic carbocycles. The maximum atomic E-state index is 11.5. The third kappa shape index (κ3) is 5.49. The zero-order valence-electron chi connectivity index (χ0n) is 20.4. The number of pyridine rings is 1. The SMILES string of the molecule is C=CC(=O)NC1CCN(Cc2ccc(N3C(=NC)/C(=C\CC)N=C3c3cccnc3N)cc2)CC1. The fraction of sp³-hybridized carbons (Fsp3) is 0.333. The second-order valence-corrected chi connectivity index (χ2v) is 8.68. The van der Waals surface area contributed by atoms with E-state index in [4.69, 9.17) is 10.7 Å². The highest BCUT2D eigenvalue weighted by molar-refractivity contribution is 6.34. The Morgan fingerprint density at radius 3 is 2.63 bits per heavy atom. The predicted molar refractivity (Wildman–Crippen MR) is 142 cm³/mol. The Labute approximate surface area is 207 Å². The minimum absolute atomic E-state index is 0.0937. The van der Waals surface area contributed by atoms with E-state index in [1.165, 1.54) is 11.6 Å². The molecule has 0 bridgehead atoms. The second kappa shape index (κ2) is 11.1. The van der Waals surface area contributed by atoms with Crippen LogP contribution in [0.25, 0.3) is 0 Å². The summed E-state index contributed by atoms with van der Waals surface area (Å²) in [5.74, 6) is 1.87. The van der Waals surface area contributed by atoms with Gasteiger partial charge in [-0.05, 0) is 55.2 Å². The number of piperidine rings is 1. The summed E-state index contributed by atoms with van der Waals surface area (Å²) in [4.78, 5) is 29.7. The molecule has 3 N–H and O–H groups in total. The predicted octanol–water partition coefficient (Wildman–Crippen LogP) is 3.52. The summed E-state index contributed by atoms with van der Waals surface area (Å²) in [7, 11) is 1.78. The molecule has 0 aliphatic carbocycles. The summed E-state index contributed by atoms with van der Waals surface area (Å²) in [6, 6.07) is 12.5. The maximum absolute atomic E-state index is 11.5. The normalized spacial score (nSPS) is 19.3. The Bertz CT molecular complexity index is 1160. The van der Waals surface area contributed by atoms with Crippen molar-refractivity contribution in [3.05, 3.63) is 78.1 Å². The highest BCUT2D eigenvalue weighted by Crippen LogP contribution is 2.29. The van der Waals surface area contributed by atoms with Crippen molar-refractivity contribution in [3.8, 4) is 0 Å². The number of amides is 1. The van der Waals surface area contributed by atoms with E-state index < -0.39 is 0 Å². The highest BCUT2D eigenvalue weighted by atomic mass is 16.1. The van der Waals surface area contributed by atoms with Crippen LogP contribution in [0.5, 0.6) is 0 Å². The van der Waals surface area contributed by atoms with Crippen LogP contribution < -0.4 is 16.0 Å². The molecule has 2 aliphatic heterocycles. The Morgan fingerprint density at radius 1 is 1.26 bits per heavy atom. The number of carbonyl (C=O) groups excluding carboxylic acids is 1. The molecule has 0 spiro atoms. The summed E-state index contributed by atoms with van der Waals surface area (Å²) >= 11 is 0. The Morgan fingerprint density at radius 2 is 2.00 bits per heavy atom. The number of nitrogen functional groups attached to an aromatic ring is 1. The molecule has 3 heterocycles. The Kier molecular flexibility index (Phi) is 7.72. The van der Waals surface area contributed by atoms with Gasteiger partial charge in [-0.1, -0.05) is 31.7 Å². The van der Waals surface area contributed by atoms with Gasteiger partial charge < -0.3 is 11.1 Å². The lowest BCUT2D eigenvalue weighted by Gasteiger charge is -2.32. The zero-order valence-corrected chi connectivity index (χ0v) is 20.4. The number of rotatable bonds is 7. The van der Waals surface area contributed by atoms with Crippen LogP contribution in [-0.2, 0) is 11.3 Å². The van der Waals surface area contributed by atoms with Crippen LogP contribution in [-0.4, -0.2) is 53.6 Å². The van der Waals surface area contributed by atoms with E-state index in [1.54, 1.807) is 13.2 Å². The van der Waals surface area contributed by atoms with Gasteiger partial charge in [-0.25, -0.2) is 9.98 Å². The van der Waals surface area contributed by atoms with E-state index in [2.05, 4.69) is 64.0 Å². The Hall–Kier alpha value is -3.78. The first kappa shape index (κ1) is 24.3. The molecule has 35 heavy (non-hydrogen) atoms. The quantitative estimate of drug-likeness (QED) is 0.602. The summed E-state index contributed by atoms with van der Waals surface area (Å²) in [6.07, 6.45) is 7.84. The summed E-state index contributed by atoms with van der Waals surface area (Å²) in [5.41, 5.74) is 10.0. The molecule has 8 heteroatoms. The summed E-state index contributed by atoms with van der Waals surface area (Å²) in [5, 5.41) is 3.01. The number of hydrogen-bond donors (Lipinski definition) is 2. The van der Waals surface area contributed by atoms with Gasteiger partial charge >= 0.3 is 0 Å². The van der Waals surface area contributed by atoms with Gasteiger partial charge in [0.25, 0.3) is 0 Å². The minimum atomic E-state index is -0.0937. The van der Waals surface area contributed by atoms with E-state index in [0.717, 1.165) is 67.5 Å². The number of aromatic nitrogens is 1. The third-order valence-corrected chi connectivity index (χ3v) is 6.29. The number of amidine groups is 2. The van der Waals surface area contributed by atoms with Crippen LogP contribution in [0.1, 0.15) is 37.3 Å². The molecular formula is C27H33N7O. The number of anilines is 2. The first-order valence-electron chi connectivity index (χ1n) is 12.0. The number of nitrogens with zero attached hydrogens (tertiary/aromatic N) is 5. The van der Waals surface area contributed by atoms with Gasteiger partial charge in [-0.15, -0.1) is 0 Å². The molecule has 0 saturated carbocycles. The van der Waals surface area contributed by atoms with Crippen LogP contribution >= 0.6 is 0 Å². The number of aliphatic imine (C=N–C) groups is 2. The first-order valence-corrected chi connectivity index (χ1v) is 12.0. The molecule has 182 valence electrons. The van der Waals surface area contributed by atoms with Crippen molar-refractivity contribution in [2.24, 2.45) is 9.98 Å². The Balaban J connectivity index is 1.51. The van der Waals surface area contributed by atoms with E-state index in [0.29, 0.717) is 5.82 Å². The van der Waals surface area contributed by atoms with Crippen LogP contribution in [0.4, 0.5) is 11.5 Å². The largest absolute Gasteiger partial charge is 0.383 e. The van der Waals surface area contributed by atoms with Crippen molar-refractivity contribution < 1.29 is 4.79 Å². The van der Waals surface area contributed by atoms with Gasteiger partial charge in [0, 0.05) is 44.6 Å². The topological polar surface area (TPSA) is 99.2 Å². The van der Waals surface area contributed by atoms with Gasteiger partial charge in [0.05, 0.1) is 5.56 Å². The van der Waals surface area contributed by atoms with E-state index in [9.17, 15) is 4.79 Å².